The van der Waals surface area contributed by atoms with Crippen LogP contribution in [0.2, 0.25) is 0 Å². The molecule has 0 aliphatic heterocycles. The average Bonchev–Trinajstić information content (AvgIpc) is 2.70. The molecule has 3 heteroatoms. The SMILES string of the molecule is C=CC(=O)N(Cc1ccc2cc(OC)ccc2c1)CC1Cc2ccccc21. The summed E-state index contributed by atoms with van der Waals surface area (Å²) in [5, 5.41) is 2.28. The maximum Gasteiger partial charge on any atom is 0.246 e. The van der Waals surface area contributed by atoms with E-state index in [0.717, 1.165) is 35.1 Å². The highest BCUT2D eigenvalue weighted by Gasteiger charge is 2.28. The van der Waals surface area contributed by atoms with Gasteiger partial charge in [0.1, 0.15) is 5.75 Å². The van der Waals surface area contributed by atoms with Crippen molar-refractivity contribution in [3.63, 3.8) is 0 Å². The highest BCUT2D eigenvalue weighted by Crippen LogP contribution is 2.35. The Labute approximate surface area is 159 Å². The molecule has 27 heavy (non-hydrogen) atoms. The predicted octanol–water partition coefficient (Wildman–Crippen LogP) is 4.70. The fourth-order valence-electron chi connectivity index (χ4n) is 3.87. The quantitative estimate of drug-likeness (QED) is 0.598. The molecule has 0 saturated carbocycles. The van der Waals surface area contributed by atoms with Gasteiger partial charge in [0.15, 0.2) is 0 Å². The molecule has 3 aromatic rings. The Kier molecular flexibility index (Phi) is 4.68. The first-order chi connectivity index (χ1) is 13.2. The second-order valence-electron chi connectivity index (χ2n) is 7.07. The van der Waals surface area contributed by atoms with Gasteiger partial charge < -0.3 is 9.64 Å². The summed E-state index contributed by atoms with van der Waals surface area (Å²) < 4.78 is 5.29. The van der Waals surface area contributed by atoms with Crippen molar-refractivity contribution in [2.24, 2.45) is 0 Å². The molecule has 0 bridgehead atoms. The first-order valence-electron chi connectivity index (χ1n) is 9.24. The lowest BCUT2D eigenvalue weighted by atomic mass is 9.77. The van der Waals surface area contributed by atoms with Crippen LogP contribution in [0.15, 0.2) is 73.3 Å². The van der Waals surface area contributed by atoms with E-state index < -0.39 is 0 Å². The molecule has 0 saturated heterocycles. The Hall–Kier alpha value is -3.07. The van der Waals surface area contributed by atoms with E-state index in [1.807, 2.05) is 17.0 Å². The molecule has 0 spiro atoms. The van der Waals surface area contributed by atoms with Gasteiger partial charge in [-0.3, -0.25) is 4.79 Å². The maximum absolute atomic E-state index is 12.4. The molecule has 1 unspecified atom stereocenters. The van der Waals surface area contributed by atoms with Gasteiger partial charge in [-0.25, -0.2) is 0 Å². The minimum absolute atomic E-state index is 0.0193. The van der Waals surface area contributed by atoms with Crippen LogP contribution in [-0.4, -0.2) is 24.5 Å². The van der Waals surface area contributed by atoms with E-state index in [9.17, 15) is 4.79 Å². The van der Waals surface area contributed by atoms with Crippen LogP contribution in [-0.2, 0) is 17.8 Å². The molecule has 3 aromatic carbocycles. The average molecular weight is 357 g/mol. The molecule has 0 heterocycles. The van der Waals surface area contributed by atoms with Crippen molar-refractivity contribution in [2.45, 2.75) is 18.9 Å². The van der Waals surface area contributed by atoms with Crippen molar-refractivity contribution < 1.29 is 9.53 Å². The minimum Gasteiger partial charge on any atom is -0.497 e. The Morgan fingerprint density at radius 3 is 2.70 bits per heavy atom. The number of hydrogen-bond donors (Lipinski definition) is 0. The summed E-state index contributed by atoms with van der Waals surface area (Å²) in [7, 11) is 1.67. The van der Waals surface area contributed by atoms with Crippen molar-refractivity contribution in [1.29, 1.82) is 0 Å². The standard InChI is InChI=1S/C24H23NO2/c1-3-24(26)25(16-21-13-20-6-4-5-7-23(20)21)15-17-8-9-19-14-22(27-2)11-10-18(19)12-17/h3-12,14,21H,1,13,15-16H2,2H3. The molecule has 1 aliphatic rings. The summed E-state index contributed by atoms with van der Waals surface area (Å²) in [5.74, 6) is 1.24. The van der Waals surface area contributed by atoms with Gasteiger partial charge in [0.25, 0.3) is 0 Å². The summed E-state index contributed by atoms with van der Waals surface area (Å²) in [5.41, 5.74) is 3.88. The number of carbonyl (C=O) groups excluding carboxylic acids is 1. The van der Waals surface area contributed by atoms with Crippen LogP contribution < -0.4 is 4.74 Å². The number of carbonyl (C=O) groups is 1. The normalized spacial score (nSPS) is 14.9. The molecule has 4 rings (SSSR count). The predicted molar refractivity (Wildman–Crippen MR) is 109 cm³/mol. The van der Waals surface area contributed by atoms with E-state index in [0.29, 0.717) is 12.5 Å². The number of nitrogens with zero attached hydrogens (tertiary/aromatic N) is 1. The summed E-state index contributed by atoms with van der Waals surface area (Å²) >= 11 is 0. The first-order valence-corrected chi connectivity index (χ1v) is 9.24. The number of benzene rings is 3. The fourth-order valence-corrected chi connectivity index (χ4v) is 3.87. The lowest BCUT2D eigenvalue weighted by Gasteiger charge is -2.34. The summed E-state index contributed by atoms with van der Waals surface area (Å²) in [4.78, 5) is 14.3. The van der Waals surface area contributed by atoms with Crippen LogP contribution in [0, 0.1) is 0 Å². The van der Waals surface area contributed by atoms with E-state index in [1.165, 1.54) is 17.2 Å². The second-order valence-corrected chi connectivity index (χ2v) is 7.07. The molecule has 0 N–H and O–H groups in total. The molecule has 0 radical (unpaired) electrons. The van der Waals surface area contributed by atoms with Gasteiger partial charge in [0.2, 0.25) is 5.91 Å². The van der Waals surface area contributed by atoms with Crippen molar-refractivity contribution in [2.75, 3.05) is 13.7 Å². The Balaban J connectivity index is 1.54. The van der Waals surface area contributed by atoms with E-state index in [4.69, 9.17) is 4.74 Å². The lowest BCUT2D eigenvalue weighted by Crippen LogP contribution is -2.36. The van der Waals surface area contributed by atoms with Crippen molar-refractivity contribution in [3.8, 4) is 5.75 Å². The third-order valence-electron chi connectivity index (χ3n) is 5.37. The highest BCUT2D eigenvalue weighted by molar-refractivity contribution is 5.87. The molecule has 136 valence electrons. The third kappa shape index (κ3) is 3.45. The monoisotopic (exact) mass is 357 g/mol. The van der Waals surface area contributed by atoms with Crippen LogP contribution in [0.4, 0.5) is 0 Å². The van der Waals surface area contributed by atoms with Crippen LogP contribution >= 0.6 is 0 Å². The number of methoxy groups -OCH3 is 1. The molecular weight excluding hydrogens is 334 g/mol. The van der Waals surface area contributed by atoms with Gasteiger partial charge in [0, 0.05) is 19.0 Å². The van der Waals surface area contributed by atoms with Gasteiger partial charge >= 0.3 is 0 Å². The van der Waals surface area contributed by atoms with Crippen LogP contribution in [0.1, 0.15) is 22.6 Å². The summed E-state index contributed by atoms with van der Waals surface area (Å²) in [6.07, 6.45) is 2.45. The lowest BCUT2D eigenvalue weighted by molar-refractivity contribution is -0.127. The van der Waals surface area contributed by atoms with Crippen LogP contribution in [0.5, 0.6) is 5.75 Å². The topological polar surface area (TPSA) is 29.5 Å². The number of ether oxygens (including phenoxy) is 1. The fraction of sp³-hybridized carbons (Fsp3) is 0.208. The largest absolute Gasteiger partial charge is 0.497 e. The molecule has 3 nitrogen and oxygen atoms in total. The Bertz CT molecular complexity index is 1010. The maximum atomic E-state index is 12.4. The van der Waals surface area contributed by atoms with Crippen molar-refractivity contribution in [3.05, 3.63) is 90.0 Å². The van der Waals surface area contributed by atoms with Crippen molar-refractivity contribution >= 4 is 16.7 Å². The van der Waals surface area contributed by atoms with Gasteiger partial charge in [-0.15, -0.1) is 0 Å². The number of hydrogen-bond acceptors (Lipinski definition) is 2. The molecule has 1 aliphatic carbocycles. The minimum atomic E-state index is -0.0193. The van der Waals surface area contributed by atoms with E-state index in [-0.39, 0.29) is 5.91 Å². The Morgan fingerprint density at radius 1 is 1.15 bits per heavy atom. The van der Waals surface area contributed by atoms with Gasteiger partial charge in [0.05, 0.1) is 7.11 Å². The van der Waals surface area contributed by atoms with Crippen molar-refractivity contribution in [1.82, 2.24) is 4.90 Å². The zero-order valence-corrected chi connectivity index (χ0v) is 15.5. The second kappa shape index (κ2) is 7.28. The zero-order valence-electron chi connectivity index (χ0n) is 15.5. The number of amides is 1. The zero-order chi connectivity index (χ0) is 18.8. The number of fused-ring (bicyclic) bond motifs is 2. The van der Waals surface area contributed by atoms with E-state index in [2.05, 4.69) is 55.1 Å². The molecular formula is C24H23NO2. The molecule has 1 amide bonds. The van der Waals surface area contributed by atoms with Gasteiger partial charge in [-0.2, -0.15) is 0 Å². The van der Waals surface area contributed by atoms with Gasteiger partial charge in [-0.05, 0) is 58.2 Å². The van der Waals surface area contributed by atoms with Crippen LogP contribution in [0.25, 0.3) is 10.8 Å². The molecule has 1 atom stereocenters. The molecule has 0 aromatic heterocycles. The summed E-state index contributed by atoms with van der Waals surface area (Å²) in [6, 6.07) is 20.8. The Morgan fingerprint density at radius 2 is 1.93 bits per heavy atom. The summed E-state index contributed by atoms with van der Waals surface area (Å²) in [6.45, 7) is 5.00. The highest BCUT2D eigenvalue weighted by atomic mass is 16.5. The third-order valence-corrected chi connectivity index (χ3v) is 5.37. The molecule has 0 fully saturated rings. The van der Waals surface area contributed by atoms with E-state index in [1.54, 1.807) is 7.11 Å². The first kappa shape index (κ1) is 17.3. The van der Waals surface area contributed by atoms with Crippen LogP contribution in [0.3, 0.4) is 0 Å². The van der Waals surface area contributed by atoms with Gasteiger partial charge in [-0.1, -0.05) is 49.0 Å². The number of rotatable bonds is 6. The van der Waals surface area contributed by atoms with E-state index >= 15 is 0 Å². The smallest absolute Gasteiger partial charge is 0.246 e.